The third-order valence-electron chi connectivity index (χ3n) is 1.46. The zero-order valence-electron chi connectivity index (χ0n) is 6.35. The van der Waals surface area contributed by atoms with Gasteiger partial charge in [0, 0.05) is 5.54 Å². The van der Waals surface area contributed by atoms with Gasteiger partial charge in [-0.05, 0) is 13.3 Å². The summed E-state index contributed by atoms with van der Waals surface area (Å²) in [6.45, 7) is 4.09. The number of nitrogens with two attached hydrogens (primary N) is 1. The first-order chi connectivity index (χ1) is 4.12. The van der Waals surface area contributed by atoms with Crippen LogP contribution in [0.15, 0.2) is 0 Å². The largest absolute Gasteiger partial charge is 0.394 e. The van der Waals surface area contributed by atoms with Crippen molar-refractivity contribution < 1.29 is 5.11 Å². The first-order valence-electron chi connectivity index (χ1n) is 3.52. The summed E-state index contributed by atoms with van der Waals surface area (Å²) >= 11 is 0. The van der Waals surface area contributed by atoms with E-state index in [1.165, 1.54) is 0 Å². The molecular formula is C7H17NO. The van der Waals surface area contributed by atoms with Crippen molar-refractivity contribution in [2.24, 2.45) is 5.73 Å². The van der Waals surface area contributed by atoms with Crippen molar-refractivity contribution >= 4 is 0 Å². The van der Waals surface area contributed by atoms with Crippen LogP contribution in [0.25, 0.3) is 0 Å². The van der Waals surface area contributed by atoms with Crippen molar-refractivity contribution in [3.8, 4) is 0 Å². The summed E-state index contributed by atoms with van der Waals surface area (Å²) < 4.78 is 0. The highest BCUT2D eigenvalue weighted by molar-refractivity contribution is 4.76. The molecule has 0 radical (unpaired) electrons. The van der Waals surface area contributed by atoms with Crippen LogP contribution in [-0.2, 0) is 0 Å². The fourth-order valence-corrected chi connectivity index (χ4v) is 0.660. The minimum absolute atomic E-state index is 0.0903. The molecule has 3 N–H and O–H groups in total. The van der Waals surface area contributed by atoms with Gasteiger partial charge in [-0.1, -0.05) is 19.8 Å². The van der Waals surface area contributed by atoms with Crippen LogP contribution < -0.4 is 5.73 Å². The lowest BCUT2D eigenvalue weighted by atomic mass is 9.98. The second-order valence-electron chi connectivity index (χ2n) is 2.92. The van der Waals surface area contributed by atoms with Gasteiger partial charge < -0.3 is 10.8 Å². The van der Waals surface area contributed by atoms with E-state index in [9.17, 15) is 0 Å². The Balaban J connectivity index is 3.33. The second-order valence-corrected chi connectivity index (χ2v) is 2.92. The van der Waals surface area contributed by atoms with Crippen LogP contribution in [0, 0.1) is 0 Å². The maximum atomic E-state index is 8.70. The van der Waals surface area contributed by atoms with E-state index >= 15 is 0 Å². The number of hydrogen-bond acceptors (Lipinski definition) is 2. The Morgan fingerprint density at radius 1 is 1.56 bits per heavy atom. The normalized spacial score (nSPS) is 17.3. The summed E-state index contributed by atoms with van der Waals surface area (Å²) in [6, 6.07) is 0. The molecule has 0 aromatic heterocycles. The molecule has 0 saturated carbocycles. The van der Waals surface area contributed by atoms with Gasteiger partial charge in [0.2, 0.25) is 0 Å². The summed E-state index contributed by atoms with van der Waals surface area (Å²) in [6.07, 6.45) is 3.17. The molecule has 1 unspecified atom stereocenters. The number of aliphatic hydroxyl groups excluding tert-OH is 1. The van der Waals surface area contributed by atoms with E-state index in [-0.39, 0.29) is 12.1 Å². The molecule has 0 aromatic carbocycles. The summed E-state index contributed by atoms with van der Waals surface area (Å²) in [5.41, 5.74) is 5.30. The lowest BCUT2D eigenvalue weighted by Gasteiger charge is -2.20. The Labute approximate surface area is 57.1 Å². The molecule has 0 heterocycles. The van der Waals surface area contributed by atoms with E-state index in [4.69, 9.17) is 10.8 Å². The van der Waals surface area contributed by atoms with E-state index in [1.807, 2.05) is 6.92 Å². The lowest BCUT2D eigenvalue weighted by Crippen LogP contribution is -2.39. The zero-order chi connectivity index (χ0) is 7.33. The van der Waals surface area contributed by atoms with Crippen molar-refractivity contribution in [2.75, 3.05) is 6.61 Å². The van der Waals surface area contributed by atoms with Gasteiger partial charge in [0.15, 0.2) is 0 Å². The third-order valence-corrected chi connectivity index (χ3v) is 1.46. The van der Waals surface area contributed by atoms with Gasteiger partial charge in [-0.2, -0.15) is 0 Å². The van der Waals surface area contributed by atoms with Crippen molar-refractivity contribution in [3.63, 3.8) is 0 Å². The predicted molar refractivity (Wildman–Crippen MR) is 39.2 cm³/mol. The van der Waals surface area contributed by atoms with E-state index in [0.29, 0.717) is 0 Å². The molecular weight excluding hydrogens is 114 g/mol. The van der Waals surface area contributed by atoms with E-state index in [2.05, 4.69) is 6.92 Å². The molecule has 0 aliphatic heterocycles. The van der Waals surface area contributed by atoms with Crippen LogP contribution in [-0.4, -0.2) is 17.3 Å². The Morgan fingerprint density at radius 3 is 2.44 bits per heavy atom. The molecule has 0 spiro atoms. The number of unbranched alkanes of at least 4 members (excludes halogenated alkanes) is 1. The third kappa shape index (κ3) is 4.43. The molecule has 0 amide bonds. The molecule has 0 saturated heterocycles. The molecule has 0 fully saturated rings. The Kier molecular flexibility index (Phi) is 3.82. The van der Waals surface area contributed by atoms with Crippen molar-refractivity contribution in [3.05, 3.63) is 0 Å². The molecule has 0 bridgehead atoms. The average Bonchev–Trinajstić information content (AvgIpc) is 1.84. The molecule has 9 heavy (non-hydrogen) atoms. The minimum atomic E-state index is -0.351. The molecule has 0 aromatic rings. The fraction of sp³-hybridized carbons (Fsp3) is 1.00. The van der Waals surface area contributed by atoms with Crippen LogP contribution in [0.2, 0.25) is 0 Å². The van der Waals surface area contributed by atoms with Gasteiger partial charge in [-0.25, -0.2) is 0 Å². The molecule has 0 aliphatic rings. The van der Waals surface area contributed by atoms with Crippen molar-refractivity contribution in [1.82, 2.24) is 0 Å². The van der Waals surface area contributed by atoms with E-state index in [1.54, 1.807) is 0 Å². The van der Waals surface area contributed by atoms with Gasteiger partial charge in [-0.3, -0.25) is 0 Å². The molecule has 56 valence electrons. The molecule has 0 rings (SSSR count). The van der Waals surface area contributed by atoms with Crippen LogP contribution in [0.4, 0.5) is 0 Å². The van der Waals surface area contributed by atoms with Crippen LogP contribution in [0.5, 0.6) is 0 Å². The van der Waals surface area contributed by atoms with Crippen molar-refractivity contribution in [1.29, 1.82) is 0 Å². The maximum Gasteiger partial charge on any atom is 0.0608 e. The molecule has 2 heteroatoms. The monoisotopic (exact) mass is 131 g/mol. The second kappa shape index (κ2) is 3.85. The topological polar surface area (TPSA) is 46.2 Å². The Bertz CT molecular complexity index is 71.3. The van der Waals surface area contributed by atoms with E-state index < -0.39 is 0 Å². The highest BCUT2D eigenvalue weighted by Gasteiger charge is 2.14. The van der Waals surface area contributed by atoms with Crippen LogP contribution in [0.1, 0.15) is 33.1 Å². The first kappa shape index (κ1) is 8.92. The zero-order valence-corrected chi connectivity index (χ0v) is 6.35. The molecule has 1 atom stereocenters. The highest BCUT2D eigenvalue weighted by atomic mass is 16.3. The van der Waals surface area contributed by atoms with Crippen LogP contribution in [0.3, 0.4) is 0 Å². The van der Waals surface area contributed by atoms with Crippen LogP contribution >= 0.6 is 0 Å². The highest BCUT2D eigenvalue weighted by Crippen LogP contribution is 2.08. The SMILES string of the molecule is CCCCC(C)(N)CO. The standard InChI is InChI=1S/C7H17NO/c1-3-4-5-7(2,8)6-9/h9H,3-6,8H2,1-2H3. The molecule has 2 nitrogen and oxygen atoms in total. The number of rotatable bonds is 4. The quantitative estimate of drug-likeness (QED) is 0.595. The Hall–Kier alpha value is -0.0800. The lowest BCUT2D eigenvalue weighted by molar-refractivity contribution is 0.198. The van der Waals surface area contributed by atoms with Gasteiger partial charge in [0.1, 0.15) is 0 Å². The number of hydrogen-bond donors (Lipinski definition) is 2. The molecule has 0 aliphatic carbocycles. The number of aliphatic hydroxyl groups is 1. The predicted octanol–water partition coefficient (Wildman–Crippen LogP) is 0.886. The van der Waals surface area contributed by atoms with Gasteiger partial charge >= 0.3 is 0 Å². The summed E-state index contributed by atoms with van der Waals surface area (Å²) in [7, 11) is 0. The smallest absolute Gasteiger partial charge is 0.0608 e. The fourth-order valence-electron chi connectivity index (χ4n) is 0.660. The first-order valence-corrected chi connectivity index (χ1v) is 3.52. The summed E-state index contributed by atoms with van der Waals surface area (Å²) in [4.78, 5) is 0. The summed E-state index contributed by atoms with van der Waals surface area (Å²) in [5, 5.41) is 8.70. The van der Waals surface area contributed by atoms with Gasteiger partial charge in [0.25, 0.3) is 0 Å². The minimum Gasteiger partial charge on any atom is -0.394 e. The van der Waals surface area contributed by atoms with E-state index in [0.717, 1.165) is 19.3 Å². The van der Waals surface area contributed by atoms with Gasteiger partial charge in [-0.15, -0.1) is 0 Å². The van der Waals surface area contributed by atoms with Gasteiger partial charge in [0.05, 0.1) is 6.61 Å². The maximum absolute atomic E-state index is 8.70. The Morgan fingerprint density at radius 2 is 2.11 bits per heavy atom. The van der Waals surface area contributed by atoms with Crippen molar-refractivity contribution in [2.45, 2.75) is 38.6 Å². The average molecular weight is 131 g/mol. The summed E-state index contributed by atoms with van der Waals surface area (Å²) in [5.74, 6) is 0.